The highest BCUT2D eigenvalue weighted by Crippen LogP contribution is 2.19. The summed E-state index contributed by atoms with van der Waals surface area (Å²) in [5, 5.41) is 23.3. The lowest BCUT2D eigenvalue weighted by molar-refractivity contribution is -0.123. The highest BCUT2D eigenvalue weighted by molar-refractivity contribution is 5.76. The Bertz CT molecular complexity index is 1310. The van der Waals surface area contributed by atoms with E-state index in [0.29, 0.717) is 6.42 Å². The maximum atomic E-state index is 12.5. The number of carbonyl (C=O) groups excluding carboxylic acids is 1. The van der Waals surface area contributed by atoms with Crippen molar-refractivity contribution in [3.05, 3.63) is 72.9 Å². The van der Waals surface area contributed by atoms with Crippen LogP contribution in [0.15, 0.2) is 72.9 Å². The van der Waals surface area contributed by atoms with E-state index in [-0.39, 0.29) is 12.5 Å². The molecule has 0 rings (SSSR count). The van der Waals surface area contributed by atoms with Gasteiger partial charge in [-0.2, -0.15) is 0 Å². The SMILES string of the molecule is CC/C=C\C/C=C\C/C=C\C/C=C\CCCCCCCCCCCCCCCCCCCCCCCCCCCCC(=O)NC(CO)C(O)/C=C/CC/C=C/CCCCCCCCCCCCCCCCCCCCCC. The molecule has 0 bridgehead atoms. The minimum atomic E-state index is -0.864. The zero-order valence-corrected chi connectivity index (χ0v) is 52.0. The third kappa shape index (κ3) is 64.5. The van der Waals surface area contributed by atoms with Crippen LogP contribution < -0.4 is 5.32 Å². The predicted octanol–water partition coefficient (Wildman–Crippen LogP) is 23.7. The van der Waals surface area contributed by atoms with Gasteiger partial charge in [-0.15, -0.1) is 0 Å². The first kappa shape index (κ1) is 74.8. The van der Waals surface area contributed by atoms with E-state index in [0.717, 1.165) is 57.8 Å². The number of hydrogen-bond acceptors (Lipinski definition) is 3. The number of nitrogens with one attached hydrogen (secondary N) is 1. The summed E-state index contributed by atoms with van der Waals surface area (Å²) in [4.78, 5) is 12.5. The summed E-state index contributed by atoms with van der Waals surface area (Å²) in [6, 6.07) is -0.641. The Kier molecular flexibility index (Phi) is 66.2. The molecule has 0 aliphatic carbocycles. The topological polar surface area (TPSA) is 69.6 Å². The first-order chi connectivity index (χ1) is 38.2. The molecule has 77 heavy (non-hydrogen) atoms. The van der Waals surface area contributed by atoms with Gasteiger partial charge in [-0.25, -0.2) is 0 Å². The second-order valence-electron chi connectivity index (χ2n) is 23.6. The Morgan fingerprint density at radius 2 is 0.584 bits per heavy atom. The van der Waals surface area contributed by atoms with E-state index in [2.05, 4.69) is 79.9 Å². The highest BCUT2D eigenvalue weighted by Gasteiger charge is 2.18. The van der Waals surface area contributed by atoms with E-state index in [9.17, 15) is 15.0 Å². The molecule has 4 heteroatoms. The van der Waals surface area contributed by atoms with Crippen LogP contribution in [0.2, 0.25) is 0 Å². The molecule has 2 atom stereocenters. The van der Waals surface area contributed by atoms with Crippen LogP contribution in [0.1, 0.15) is 367 Å². The van der Waals surface area contributed by atoms with Crippen molar-refractivity contribution < 1.29 is 15.0 Å². The molecule has 0 heterocycles. The lowest BCUT2D eigenvalue weighted by Crippen LogP contribution is -2.45. The van der Waals surface area contributed by atoms with Crippen LogP contribution in [-0.2, 0) is 4.79 Å². The van der Waals surface area contributed by atoms with Crippen molar-refractivity contribution in [2.45, 2.75) is 379 Å². The van der Waals surface area contributed by atoms with Crippen LogP contribution in [0, 0.1) is 0 Å². The van der Waals surface area contributed by atoms with E-state index >= 15 is 0 Å². The molecule has 2 unspecified atom stereocenters. The molecule has 0 saturated heterocycles. The standard InChI is InChI=1S/C73H135NO3/c1-3-5-7-9-11-13-15-17-19-21-23-25-27-29-31-32-33-34-35-36-37-38-39-40-41-42-43-45-47-49-51-53-55-57-59-61-63-65-67-69-73(77)74-71(70-75)72(76)68-66-64-62-60-58-56-54-52-50-48-46-44-30-28-26-24-22-20-18-16-14-12-10-8-6-4-2/h5,7,11,13,17,19,23,25,58,60,66,68,71-72,75-76H,3-4,6,8-10,12,14-16,18,20-22,24,26-57,59,61-65,67,69-70H2,1-2H3,(H,74,77)/b7-5-,13-11-,19-17-,25-23-,60-58+,68-66+. The van der Waals surface area contributed by atoms with E-state index in [1.807, 2.05) is 6.08 Å². The second-order valence-corrected chi connectivity index (χ2v) is 23.6. The minimum absolute atomic E-state index is 0.0672. The van der Waals surface area contributed by atoms with Gasteiger partial charge in [0, 0.05) is 6.42 Å². The third-order valence-electron chi connectivity index (χ3n) is 15.9. The number of allylic oxidation sites excluding steroid dienone is 11. The van der Waals surface area contributed by atoms with Crippen molar-refractivity contribution in [2.24, 2.45) is 0 Å². The smallest absolute Gasteiger partial charge is 0.220 e. The Labute approximate surface area is 482 Å². The number of amides is 1. The van der Waals surface area contributed by atoms with Gasteiger partial charge < -0.3 is 15.5 Å². The Morgan fingerprint density at radius 3 is 0.909 bits per heavy atom. The van der Waals surface area contributed by atoms with Gasteiger partial charge in [0.25, 0.3) is 0 Å². The molecular formula is C73H135NO3. The van der Waals surface area contributed by atoms with Crippen LogP contribution in [0.4, 0.5) is 0 Å². The van der Waals surface area contributed by atoms with Gasteiger partial charge in [-0.05, 0) is 70.6 Å². The number of carbonyl (C=O) groups is 1. The molecule has 0 aromatic carbocycles. The highest BCUT2D eigenvalue weighted by atomic mass is 16.3. The van der Waals surface area contributed by atoms with Crippen LogP contribution in [0.3, 0.4) is 0 Å². The predicted molar refractivity (Wildman–Crippen MR) is 345 cm³/mol. The molecule has 450 valence electrons. The van der Waals surface area contributed by atoms with E-state index in [1.165, 1.54) is 289 Å². The van der Waals surface area contributed by atoms with E-state index in [1.54, 1.807) is 6.08 Å². The lowest BCUT2D eigenvalue weighted by atomic mass is 10.0. The number of aliphatic hydroxyl groups is 2. The van der Waals surface area contributed by atoms with Gasteiger partial charge in [0.15, 0.2) is 0 Å². The van der Waals surface area contributed by atoms with Gasteiger partial charge in [-0.1, -0.05) is 363 Å². The largest absolute Gasteiger partial charge is 0.394 e. The average molecular weight is 1070 g/mol. The molecule has 1 amide bonds. The quantitative estimate of drug-likeness (QED) is 0.0420. The summed E-state index contributed by atoms with van der Waals surface area (Å²) in [7, 11) is 0. The van der Waals surface area contributed by atoms with Gasteiger partial charge in [0.2, 0.25) is 5.91 Å². The van der Waals surface area contributed by atoms with Crippen LogP contribution >= 0.6 is 0 Å². The number of hydrogen-bond donors (Lipinski definition) is 3. The molecule has 0 aliphatic heterocycles. The van der Waals surface area contributed by atoms with Crippen LogP contribution in [0.5, 0.6) is 0 Å². The maximum Gasteiger partial charge on any atom is 0.220 e. The van der Waals surface area contributed by atoms with Crippen molar-refractivity contribution >= 4 is 5.91 Å². The summed E-state index contributed by atoms with van der Waals surface area (Å²) in [5.41, 5.74) is 0. The molecule has 0 aliphatic rings. The molecule has 0 saturated carbocycles. The zero-order chi connectivity index (χ0) is 55.5. The first-order valence-electron chi connectivity index (χ1n) is 34.7. The lowest BCUT2D eigenvalue weighted by Gasteiger charge is -2.19. The van der Waals surface area contributed by atoms with Crippen molar-refractivity contribution in [1.29, 1.82) is 0 Å². The summed E-state index contributed by atoms with van der Waals surface area (Å²) >= 11 is 0. The van der Waals surface area contributed by atoms with E-state index < -0.39 is 12.1 Å². The monoisotopic (exact) mass is 1070 g/mol. The third-order valence-corrected chi connectivity index (χ3v) is 15.9. The van der Waals surface area contributed by atoms with Crippen molar-refractivity contribution in [2.75, 3.05) is 6.61 Å². The van der Waals surface area contributed by atoms with Crippen LogP contribution in [0.25, 0.3) is 0 Å². The van der Waals surface area contributed by atoms with Gasteiger partial charge in [-0.3, -0.25) is 4.79 Å². The summed E-state index contributed by atoms with van der Waals surface area (Å²) in [6.07, 6.45) is 98.5. The van der Waals surface area contributed by atoms with Crippen molar-refractivity contribution in [3.8, 4) is 0 Å². The minimum Gasteiger partial charge on any atom is -0.394 e. The molecular weight excluding hydrogens is 939 g/mol. The molecule has 0 fully saturated rings. The maximum absolute atomic E-state index is 12.5. The fourth-order valence-electron chi connectivity index (χ4n) is 10.7. The molecule has 0 radical (unpaired) electrons. The number of aliphatic hydroxyl groups excluding tert-OH is 2. The van der Waals surface area contributed by atoms with Gasteiger partial charge in [0.05, 0.1) is 18.8 Å². The molecule has 4 nitrogen and oxygen atoms in total. The fraction of sp³-hybridized carbons (Fsp3) is 0.822. The Balaban J connectivity index is 3.44. The molecule has 0 spiro atoms. The number of rotatable bonds is 64. The average Bonchev–Trinajstić information content (AvgIpc) is 3.43. The van der Waals surface area contributed by atoms with Crippen LogP contribution in [-0.4, -0.2) is 34.9 Å². The molecule has 0 aromatic heterocycles. The number of unbranched alkanes of at least 4 members (excludes halogenated alkanes) is 47. The van der Waals surface area contributed by atoms with Crippen molar-refractivity contribution in [3.63, 3.8) is 0 Å². The Hall–Kier alpha value is -2.17. The van der Waals surface area contributed by atoms with Gasteiger partial charge >= 0.3 is 0 Å². The molecule has 0 aromatic rings. The Morgan fingerprint density at radius 1 is 0.325 bits per heavy atom. The normalized spacial score (nSPS) is 13.1. The first-order valence-corrected chi connectivity index (χ1v) is 34.7. The van der Waals surface area contributed by atoms with Gasteiger partial charge in [0.1, 0.15) is 0 Å². The summed E-state index contributed by atoms with van der Waals surface area (Å²) < 4.78 is 0. The fourth-order valence-corrected chi connectivity index (χ4v) is 10.7. The second kappa shape index (κ2) is 68.1. The summed E-state index contributed by atoms with van der Waals surface area (Å²) in [6.45, 7) is 4.22. The van der Waals surface area contributed by atoms with E-state index in [4.69, 9.17) is 0 Å². The molecule has 3 N–H and O–H groups in total. The summed E-state index contributed by atoms with van der Waals surface area (Å²) in [5.74, 6) is -0.0672. The van der Waals surface area contributed by atoms with Crippen molar-refractivity contribution in [1.82, 2.24) is 5.32 Å². The zero-order valence-electron chi connectivity index (χ0n) is 52.0.